The number of carbonyl (C=O) groups is 2. The molecule has 0 radical (unpaired) electrons. The van der Waals surface area contributed by atoms with E-state index in [0.717, 1.165) is 6.42 Å². The number of amides is 1. The summed E-state index contributed by atoms with van der Waals surface area (Å²) >= 11 is 0. The first-order valence-corrected chi connectivity index (χ1v) is 7.66. The molecule has 0 aromatic heterocycles. The molecule has 0 aliphatic heterocycles. The summed E-state index contributed by atoms with van der Waals surface area (Å²) in [6, 6.07) is 5.16. The van der Waals surface area contributed by atoms with Gasteiger partial charge in [0.05, 0.1) is 17.4 Å². The predicted molar refractivity (Wildman–Crippen MR) is 88.7 cm³/mol. The second kappa shape index (κ2) is 9.39. The highest BCUT2D eigenvalue weighted by Gasteiger charge is 2.22. The predicted octanol–water partition coefficient (Wildman–Crippen LogP) is 2.68. The van der Waals surface area contributed by atoms with Crippen LogP contribution in [0.5, 0.6) is 0 Å². The van der Waals surface area contributed by atoms with Crippen LogP contribution in [0.4, 0.5) is 5.69 Å². The van der Waals surface area contributed by atoms with Crippen LogP contribution in [0.3, 0.4) is 0 Å². The van der Waals surface area contributed by atoms with E-state index in [2.05, 4.69) is 10.5 Å². The first-order valence-electron chi connectivity index (χ1n) is 7.66. The Hall–Kier alpha value is -2.77. The van der Waals surface area contributed by atoms with Crippen molar-refractivity contribution in [3.63, 3.8) is 0 Å². The highest BCUT2D eigenvalue weighted by molar-refractivity contribution is 6.02. The van der Waals surface area contributed by atoms with Crippen molar-refractivity contribution in [2.24, 2.45) is 11.0 Å². The molecule has 0 aliphatic carbocycles. The Morgan fingerprint density at radius 3 is 2.42 bits per heavy atom. The summed E-state index contributed by atoms with van der Waals surface area (Å²) in [6.45, 7) is 5.59. The van der Waals surface area contributed by atoms with Gasteiger partial charge in [0.2, 0.25) is 0 Å². The standard InChI is InChI=1S/C16H21N3O5/c1-4-6-14(16(21)24-5-2)11(3)17-18-15(20)12-7-9-13(10-8-12)19(22)23/h7-10,14H,4-6H2,1-3H3,(H,18,20). The van der Waals surface area contributed by atoms with Crippen LogP contribution in [-0.2, 0) is 9.53 Å². The van der Waals surface area contributed by atoms with Crippen LogP contribution in [0.25, 0.3) is 0 Å². The van der Waals surface area contributed by atoms with Gasteiger partial charge >= 0.3 is 5.97 Å². The number of hydrogen-bond acceptors (Lipinski definition) is 6. The third kappa shape index (κ3) is 5.45. The number of benzene rings is 1. The Morgan fingerprint density at radius 2 is 1.92 bits per heavy atom. The average molecular weight is 335 g/mol. The number of ether oxygens (including phenoxy) is 1. The van der Waals surface area contributed by atoms with Crippen molar-refractivity contribution in [1.29, 1.82) is 0 Å². The molecule has 1 aromatic rings. The molecule has 130 valence electrons. The normalized spacial score (nSPS) is 12.4. The van der Waals surface area contributed by atoms with Crippen LogP contribution >= 0.6 is 0 Å². The molecule has 8 nitrogen and oxygen atoms in total. The van der Waals surface area contributed by atoms with Gasteiger partial charge < -0.3 is 4.74 Å². The van der Waals surface area contributed by atoms with Gasteiger partial charge in [-0.15, -0.1) is 0 Å². The quantitative estimate of drug-likeness (QED) is 0.340. The lowest BCUT2D eigenvalue weighted by Gasteiger charge is -2.14. The molecule has 1 amide bonds. The van der Waals surface area contributed by atoms with E-state index in [0.29, 0.717) is 12.1 Å². The van der Waals surface area contributed by atoms with E-state index in [-0.39, 0.29) is 23.8 Å². The van der Waals surface area contributed by atoms with Crippen molar-refractivity contribution in [1.82, 2.24) is 5.43 Å². The zero-order valence-electron chi connectivity index (χ0n) is 13.9. The molecular weight excluding hydrogens is 314 g/mol. The maximum Gasteiger partial charge on any atom is 0.314 e. The number of carbonyl (C=O) groups excluding carboxylic acids is 2. The molecule has 0 saturated carbocycles. The maximum absolute atomic E-state index is 12.0. The molecule has 24 heavy (non-hydrogen) atoms. The number of hydrazone groups is 1. The zero-order chi connectivity index (χ0) is 18.1. The van der Waals surface area contributed by atoms with Gasteiger partial charge in [-0.1, -0.05) is 13.3 Å². The van der Waals surface area contributed by atoms with Crippen LogP contribution in [0.1, 0.15) is 44.0 Å². The second-order valence-electron chi connectivity index (χ2n) is 5.09. The van der Waals surface area contributed by atoms with Crippen LogP contribution in [-0.4, -0.2) is 29.1 Å². The van der Waals surface area contributed by atoms with Gasteiger partial charge in [0.1, 0.15) is 0 Å². The number of nitrogens with zero attached hydrogens (tertiary/aromatic N) is 2. The Bertz CT molecular complexity index is 625. The second-order valence-corrected chi connectivity index (χ2v) is 5.09. The van der Waals surface area contributed by atoms with Gasteiger partial charge in [0.15, 0.2) is 0 Å². The molecule has 0 fully saturated rings. The molecule has 1 unspecified atom stereocenters. The number of hydrogen-bond donors (Lipinski definition) is 1. The Labute approximate surface area is 140 Å². The largest absolute Gasteiger partial charge is 0.465 e. The lowest BCUT2D eigenvalue weighted by molar-refractivity contribution is -0.384. The minimum Gasteiger partial charge on any atom is -0.465 e. The fourth-order valence-corrected chi connectivity index (χ4v) is 2.04. The fourth-order valence-electron chi connectivity index (χ4n) is 2.04. The molecular formula is C16H21N3O5. The first-order chi connectivity index (χ1) is 11.4. The first kappa shape index (κ1) is 19.3. The minimum absolute atomic E-state index is 0.100. The van der Waals surface area contributed by atoms with Gasteiger partial charge in [-0.05, 0) is 32.4 Å². The Kier molecular flexibility index (Phi) is 7.54. The summed E-state index contributed by atoms with van der Waals surface area (Å²) in [4.78, 5) is 34.0. The minimum atomic E-state index is -0.543. The summed E-state index contributed by atoms with van der Waals surface area (Å²) < 4.78 is 5.01. The topological polar surface area (TPSA) is 111 Å². The van der Waals surface area contributed by atoms with Gasteiger partial charge in [0.25, 0.3) is 11.6 Å². The van der Waals surface area contributed by atoms with Crippen molar-refractivity contribution >= 4 is 23.3 Å². The summed E-state index contributed by atoms with van der Waals surface area (Å²) in [5.41, 5.74) is 2.94. The highest BCUT2D eigenvalue weighted by Crippen LogP contribution is 2.13. The molecule has 0 aliphatic rings. The van der Waals surface area contributed by atoms with Crippen molar-refractivity contribution in [3.05, 3.63) is 39.9 Å². The average Bonchev–Trinajstić information content (AvgIpc) is 2.57. The summed E-state index contributed by atoms with van der Waals surface area (Å²) in [5, 5.41) is 14.6. The molecule has 0 spiro atoms. The van der Waals surface area contributed by atoms with Gasteiger partial charge in [-0.2, -0.15) is 5.10 Å². The molecule has 8 heteroatoms. The van der Waals surface area contributed by atoms with Crippen molar-refractivity contribution < 1.29 is 19.2 Å². The van der Waals surface area contributed by atoms with Crippen LogP contribution < -0.4 is 5.43 Å². The van der Waals surface area contributed by atoms with Crippen LogP contribution in [0.2, 0.25) is 0 Å². The van der Waals surface area contributed by atoms with Crippen molar-refractivity contribution in [3.8, 4) is 0 Å². The Balaban J connectivity index is 2.78. The van der Waals surface area contributed by atoms with Crippen molar-refractivity contribution in [2.75, 3.05) is 6.61 Å². The lowest BCUT2D eigenvalue weighted by atomic mass is 9.99. The van der Waals surface area contributed by atoms with Gasteiger partial charge in [0, 0.05) is 23.4 Å². The van der Waals surface area contributed by atoms with E-state index in [4.69, 9.17) is 4.74 Å². The van der Waals surface area contributed by atoms with Gasteiger partial charge in [-0.3, -0.25) is 19.7 Å². The highest BCUT2D eigenvalue weighted by atomic mass is 16.6. The number of nitro groups is 1. The molecule has 1 rings (SSSR count). The molecule has 1 N–H and O–H groups in total. The van der Waals surface area contributed by atoms with E-state index in [1.165, 1.54) is 24.3 Å². The Morgan fingerprint density at radius 1 is 1.29 bits per heavy atom. The lowest BCUT2D eigenvalue weighted by Crippen LogP contribution is -2.27. The van der Waals surface area contributed by atoms with Gasteiger partial charge in [-0.25, -0.2) is 5.43 Å². The number of nitro benzene ring substituents is 1. The number of non-ortho nitro benzene ring substituents is 1. The van der Waals surface area contributed by atoms with E-state index < -0.39 is 16.7 Å². The zero-order valence-corrected chi connectivity index (χ0v) is 13.9. The monoisotopic (exact) mass is 335 g/mol. The third-order valence-electron chi connectivity index (χ3n) is 3.33. The van der Waals surface area contributed by atoms with E-state index >= 15 is 0 Å². The van der Waals surface area contributed by atoms with E-state index in [9.17, 15) is 19.7 Å². The fraction of sp³-hybridized carbons (Fsp3) is 0.438. The third-order valence-corrected chi connectivity index (χ3v) is 3.33. The number of nitrogens with one attached hydrogen (secondary N) is 1. The molecule has 1 aromatic carbocycles. The summed E-state index contributed by atoms with van der Waals surface area (Å²) in [7, 11) is 0. The maximum atomic E-state index is 12.0. The number of esters is 1. The summed E-state index contributed by atoms with van der Waals surface area (Å²) in [6.07, 6.45) is 1.34. The molecule has 0 saturated heterocycles. The number of rotatable bonds is 8. The molecule has 1 atom stereocenters. The van der Waals surface area contributed by atoms with Crippen molar-refractivity contribution in [2.45, 2.75) is 33.6 Å². The molecule has 0 heterocycles. The van der Waals surface area contributed by atoms with Crippen LogP contribution in [0, 0.1) is 16.0 Å². The van der Waals surface area contributed by atoms with Crippen LogP contribution in [0.15, 0.2) is 29.4 Å². The molecule has 0 bridgehead atoms. The van der Waals surface area contributed by atoms with E-state index in [1.807, 2.05) is 6.92 Å². The van der Waals surface area contributed by atoms with E-state index in [1.54, 1.807) is 13.8 Å². The smallest absolute Gasteiger partial charge is 0.314 e. The SMILES string of the molecule is CCCC(C(=O)OCC)C(C)=NNC(=O)c1ccc([N+](=O)[O-])cc1. The summed E-state index contributed by atoms with van der Waals surface area (Å²) in [5.74, 6) is -1.39.